The molecule has 5 nitrogen and oxygen atoms in total. The molecule has 0 saturated carbocycles. The molecule has 14 heavy (non-hydrogen) atoms. The van der Waals surface area contributed by atoms with Crippen molar-refractivity contribution in [3.05, 3.63) is 0 Å². The highest BCUT2D eigenvalue weighted by atomic mass is 16.5. The number of hydrogen-bond acceptors (Lipinski definition) is 5. The van der Waals surface area contributed by atoms with E-state index < -0.39 is 0 Å². The predicted octanol–water partition coefficient (Wildman–Crippen LogP) is 0.755. The molecule has 0 fully saturated rings. The number of esters is 1. The van der Waals surface area contributed by atoms with Crippen molar-refractivity contribution in [2.24, 2.45) is 11.0 Å². The summed E-state index contributed by atoms with van der Waals surface area (Å²) in [5, 5.41) is 3.91. The lowest BCUT2D eigenvalue weighted by Gasteiger charge is -2.07. The molecule has 0 saturated heterocycles. The maximum absolute atomic E-state index is 10.7. The summed E-state index contributed by atoms with van der Waals surface area (Å²) in [5.41, 5.74) is 2.58. The van der Waals surface area contributed by atoms with Crippen LogP contribution in [-0.4, -0.2) is 32.6 Å². The number of rotatable bonds is 5. The fourth-order valence-electron chi connectivity index (χ4n) is 0.788. The van der Waals surface area contributed by atoms with Gasteiger partial charge in [-0.3, -0.25) is 10.2 Å². The quantitative estimate of drug-likeness (QED) is 0.309. The average molecular weight is 202 g/mol. The molecule has 0 aromatic carbocycles. The highest BCUT2D eigenvalue weighted by Crippen LogP contribution is 2.01. The molecular formula is C9H18N2O3. The summed E-state index contributed by atoms with van der Waals surface area (Å²) in [7, 11) is 2.89. The molecule has 0 spiro atoms. The third-order valence-corrected chi connectivity index (χ3v) is 1.47. The summed E-state index contributed by atoms with van der Waals surface area (Å²) in [6.45, 7) is 4.19. The molecule has 0 aliphatic carbocycles. The molecule has 0 unspecified atom stereocenters. The Balaban J connectivity index is 3.86. The van der Waals surface area contributed by atoms with Gasteiger partial charge in [0, 0.05) is 6.42 Å². The Kier molecular flexibility index (Phi) is 6.53. The molecule has 1 N–H and O–H groups in total. The van der Waals surface area contributed by atoms with Crippen LogP contribution in [0.5, 0.6) is 0 Å². The minimum absolute atomic E-state index is 0.0570. The Morgan fingerprint density at radius 3 is 2.43 bits per heavy atom. The largest absolute Gasteiger partial charge is 0.483 e. The number of nitrogens with one attached hydrogen (secondary N) is 1. The lowest BCUT2D eigenvalue weighted by atomic mass is 10.1. The Morgan fingerprint density at radius 2 is 2.00 bits per heavy atom. The van der Waals surface area contributed by atoms with Gasteiger partial charge in [-0.15, -0.1) is 5.10 Å². The van der Waals surface area contributed by atoms with Gasteiger partial charge < -0.3 is 9.47 Å². The first kappa shape index (κ1) is 12.7. The molecular weight excluding hydrogens is 184 g/mol. The first-order valence-corrected chi connectivity index (χ1v) is 4.50. The minimum atomic E-state index is -0.353. The van der Waals surface area contributed by atoms with Gasteiger partial charge in [-0.2, -0.15) is 0 Å². The van der Waals surface area contributed by atoms with Crippen molar-refractivity contribution in [1.29, 1.82) is 0 Å². The zero-order valence-electron chi connectivity index (χ0n) is 9.16. The zero-order valence-corrected chi connectivity index (χ0v) is 9.16. The third kappa shape index (κ3) is 6.28. The van der Waals surface area contributed by atoms with E-state index in [0.29, 0.717) is 11.8 Å². The van der Waals surface area contributed by atoms with Crippen LogP contribution in [0.3, 0.4) is 0 Å². The summed E-state index contributed by atoms with van der Waals surface area (Å²) in [4.78, 5) is 10.7. The molecule has 0 aromatic heterocycles. The van der Waals surface area contributed by atoms with Gasteiger partial charge in [-0.25, -0.2) is 0 Å². The summed E-state index contributed by atoms with van der Waals surface area (Å²) in [6, 6.07) is 0. The van der Waals surface area contributed by atoms with Crippen molar-refractivity contribution < 1.29 is 14.3 Å². The van der Waals surface area contributed by atoms with E-state index in [2.05, 4.69) is 29.1 Å². The second-order valence-electron chi connectivity index (χ2n) is 3.22. The minimum Gasteiger partial charge on any atom is -0.483 e. The Bertz CT molecular complexity index is 202. The second-order valence-corrected chi connectivity index (χ2v) is 3.22. The smallest absolute Gasteiger partial charge is 0.326 e. The van der Waals surface area contributed by atoms with Crippen molar-refractivity contribution in [3.8, 4) is 0 Å². The van der Waals surface area contributed by atoms with Crippen LogP contribution in [0.2, 0.25) is 0 Å². The number of carbonyl (C=O) groups excluding carboxylic acids is 1. The maximum atomic E-state index is 10.7. The van der Waals surface area contributed by atoms with Crippen LogP contribution in [0.1, 0.15) is 20.3 Å². The van der Waals surface area contributed by atoms with Crippen LogP contribution in [0.25, 0.3) is 0 Å². The van der Waals surface area contributed by atoms with Crippen LogP contribution in [0.15, 0.2) is 5.10 Å². The number of carbonyl (C=O) groups is 1. The van der Waals surface area contributed by atoms with E-state index in [1.165, 1.54) is 7.11 Å². The van der Waals surface area contributed by atoms with Gasteiger partial charge in [0.2, 0.25) is 5.90 Å². The van der Waals surface area contributed by atoms with E-state index in [9.17, 15) is 4.79 Å². The fraction of sp³-hybridized carbons (Fsp3) is 0.778. The average Bonchev–Trinajstić information content (AvgIpc) is 2.15. The molecule has 5 heteroatoms. The molecule has 0 aliphatic rings. The van der Waals surface area contributed by atoms with Gasteiger partial charge in [0.05, 0.1) is 14.2 Å². The standard InChI is InChI=1S/C9H18N2O3/c1-7(2)5-8(13-3)11-10-6-9(12)14-4/h7,10H,5-6H2,1-4H3/b11-8-. The summed E-state index contributed by atoms with van der Waals surface area (Å²) >= 11 is 0. The normalized spacial score (nSPS) is 11.4. The highest BCUT2D eigenvalue weighted by molar-refractivity contribution is 5.76. The van der Waals surface area contributed by atoms with Gasteiger partial charge in [0.1, 0.15) is 6.54 Å². The lowest BCUT2D eigenvalue weighted by molar-refractivity contribution is -0.139. The molecule has 0 heterocycles. The van der Waals surface area contributed by atoms with Gasteiger partial charge >= 0.3 is 5.97 Å². The van der Waals surface area contributed by atoms with Crippen molar-refractivity contribution in [2.75, 3.05) is 20.8 Å². The van der Waals surface area contributed by atoms with E-state index in [0.717, 1.165) is 6.42 Å². The molecule has 0 bridgehead atoms. The second kappa shape index (κ2) is 7.17. The van der Waals surface area contributed by atoms with Crippen molar-refractivity contribution in [1.82, 2.24) is 5.43 Å². The summed E-state index contributed by atoms with van der Waals surface area (Å²) < 4.78 is 9.45. The van der Waals surface area contributed by atoms with Gasteiger partial charge in [-0.1, -0.05) is 13.8 Å². The predicted molar refractivity (Wildman–Crippen MR) is 53.9 cm³/mol. The zero-order chi connectivity index (χ0) is 11.0. The summed E-state index contributed by atoms with van der Waals surface area (Å²) in [5.74, 6) is 0.700. The first-order valence-electron chi connectivity index (χ1n) is 4.50. The summed E-state index contributed by atoms with van der Waals surface area (Å²) in [6.07, 6.45) is 0.741. The lowest BCUT2D eigenvalue weighted by Crippen LogP contribution is -2.21. The van der Waals surface area contributed by atoms with Crippen LogP contribution in [0, 0.1) is 5.92 Å². The van der Waals surface area contributed by atoms with Crippen molar-refractivity contribution in [2.45, 2.75) is 20.3 Å². The fourth-order valence-corrected chi connectivity index (χ4v) is 0.788. The van der Waals surface area contributed by atoms with E-state index in [1.54, 1.807) is 7.11 Å². The highest BCUT2D eigenvalue weighted by Gasteiger charge is 2.03. The van der Waals surface area contributed by atoms with Crippen LogP contribution >= 0.6 is 0 Å². The Morgan fingerprint density at radius 1 is 1.36 bits per heavy atom. The maximum Gasteiger partial charge on any atom is 0.326 e. The van der Waals surface area contributed by atoms with Crippen molar-refractivity contribution in [3.63, 3.8) is 0 Å². The van der Waals surface area contributed by atoms with Crippen molar-refractivity contribution >= 4 is 11.9 Å². The number of hydrazone groups is 1. The van der Waals surface area contributed by atoms with Gasteiger partial charge in [0.15, 0.2) is 0 Å². The third-order valence-electron chi connectivity index (χ3n) is 1.47. The van der Waals surface area contributed by atoms with Crippen LogP contribution in [0.4, 0.5) is 0 Å². The van der Waals surface area contributed by atoms with Crippen LogP contribution in [-0.2, 0) is 14.3 Å². The van der Waals surface area contributed by atoms with E-state index >= 15 is 0 Å². The molecule has 0 atom stereocenters. The van der Waals surface area contributed by atoms with Gasteiger partial charge in [-0.05, 0) is 5.92 Å². The van der Waals surface area contributed by atoms with Gasteiger partial charge in [0.25, 0.3) is 0 Å². The topological polar surface area (TPSA) is 59.9 Å². The van der Waals surface area contributed by atoms with E-state index in [1.807, 2.05) is 0 Å². The molecule has 0 rings (SSSR count). The number of ether oxygens (including phenoxy) is 2. The van der Waals surface area contributed by atoms with E-state index in [-0.39, 0.29) is 12.5 Å². The number of hydrogen-bond donors (Lipinski definition) is 1. The first-order chi connectivity index (χ1) is 6.60. The molecule has 82 valence electrons. The number of nitrogens with zero attached hydrogens (tertiary/aromatic N) is 1. The molecule has 0 aliphatic heterocycles. The molecule has 0 amide bonds. The Hall–Kier alpha value is -1.26. The van der Waals surface area contributed by atoms with Crippen LogP contribution < -0.4 is 5.43 Å². The van der Waals surface area contributed by atoms with E-state index in [4.69, 9.17) is 4.74 Å². The number of methoxy groups -OCH3 is 2. The monoisotopic (exact) mass is 202 g/mol. The molecule has 0 radical (unpaired) electrons. The Labute approximate surface area is 84.5 Å². The SMILES string of the molecule is COC(=O)CN/N=C(/CC(C)C)OC. The molecule has 0 aromatic rings.